The molecule has 2 aliphatic heterocycles. The quantitative estimate of drug-likeness (QED) is 0.822. The first-order valence-corrected chi connectivity index (χ1v) is 7.73. The van der Waals surface area contributed by atoms with E-state index in [2.05, 4.69) is 22.0 Å². The lowest BCUT2D eigenvalue weighted by molar-refractivity contribution is 0.0628. The van der Waals surface area contributed by atoms with Gasteiger partial charge >= 0.3 is 0 Å². The Labute approximate surface area is 125 Å². The van der Waals surface area contributed by atoms with E-state index in [1.165, 1.54) is 6.42 Å². The molecule has 0 saturated carbocycles. The van der Waals surface area contributed by atoms with Crippen LogP contribution in [0.15, 0.2) is 12.1 Å². The maximum atomic E-state index is 12.5. The summed E-state index contributed by atoms with van der Waals surface area (Å²) in [5.41, 5.74) is 0.445. The number of carbonyl (C=O) groups is 1. The summed E-state index contributed by atoms with van der Waals surface area (Å²) in [6.45, 7) is 6.01. The van der Waals surface area contributed by atoms with E-state index < -0.39 is 0 Å². The van der Waals surface area contributed by atoms with Gasteiger partial charge in [0.05, 0.1) is 13.2 Å². The van der Waals surface area contributed by atoms with Crippen LogP contribution in [0.2, 0.25) is 0 Å². The average molecular weight is 290 g/mol. The van der Waals surface area contributed by atoms with Crippen LogP contribution >= 0.6 is 0 Å². The lowest BCUT2D eigenvalue weighted by atomic mass is 10.0. The van der Waals surface area contributed by atoms with E-state index in [0.717, 1.165) is 38.3 Å². The number of aromatic nitrogens is 2. The third-order valence-corrected chi connectivity index (χ3v) is 4.27. The molecule has 0 aliphatic carbocycles. The zero-order valence-electron chi connectivity index (χ0n) is 12.5. The molecule has 2 aliphatic rings. The number of likely N-dealkylation sites (tertiary alicyclic amines) is 1. The second-order valence-corrected chi connectivity index (χ2v) is 5.72. The number of ether oxygens (including phenoxy) is 1. The fourth-order valence-electron chi connectivity index (χ4n) is 2.95. The first-order valence-electron chi connectivity index (χ1n) is 7.73. The Hall–Kier alpha value is -1.69. The van der Waals surface area contributed by atoms with E-state index >= 15 is 0 Å². The standard InChI is InChI=1S/C15H22N4O2/c1-12-4-2-3-7-19(12)15(20)13-5-6-14(17-16-13)18-8-10-21-11-9-18/h5-6,12H,2-4,7-11H2,1H3. The normalized spacial score (nSPS) is 23.2. The molecule has 0 aromatic carbocycles. The Bertz CT molecular complexity index is 485. The van der Waals surface area contributed by atoms with Gasteiger partial charge in [0.1, 0.15) is 0 Å². The van der Waals surface area contributed by atoms with E-state index in [-0.39, 0.29) is 5.91 Å². The van der Waals surface area contributed by atoms with Crippen molar-refractivity contribution in [2.75, 3.05) is 37.7 Å². The van der Waals surface area contributed by atoms with Crippen molar-refractivity contribution < 1.29 is 9.53 Å². The van der Waals surface area contributed by atoms with Crippen molar-refractivity contribution in [3.63, 3.8) is 0 Å². The molecule has 0 N–H and O–H groups in total. The van der Waals surface area contributed by atoms with Crippen molar-refractivity contribution in [1.29, 1.82) is 0 Å². The van der Waals surface area contributed by atoms with Crippen LogP contribution in [0.5, 0.6) is 0 Å². The number of rotatable bonds is 2. The number of hydrogen-bond acceptors (Lipinski definition) is 5. The van der Waals surface area contributed by atoms with E-state index in [0.29, 0.717) is 24.9 Å². The van der Waals surface area contributed by atoms with Gasteiger partial charge in [0.15, 0.2) is 11.5 Å². The topological polar surface area (TPSA) is 58.6 Å². The first-order chi connectivity index (χ1) is 10.3. The third-order valence-electron chi connectivity index (χ3n) is 4.27. The molecule has 1 unspecified atom stereocenters. The van der Waals surface area contributed by atoms with Crippen LogP contribution in [0.3, 0.4) is 0 Å². The fourth-order valence-corrected chi connectivity index (χ4v) is 2.95. The molecule has 1 aromatic rings. The second-order valence-electron chi connectivity index (χ2n) is 5.72. The zero-order valence-corrected chi connectivity index (χ0v) is 12.5. The lowest BCUT2D eigenvalue weighted by Gasteiger charge is -2.33. The summed E-state index contributed by atoms with van der Waals surface area (Å²) in [5.74, 6) is 0.824. The predicted molar refractivity (Wildman–Crippen MR) is 79.4 cm³/mol. The number of morpholine rings is 1. The van der Waals surface area contributed by atoms with Crippen molar-refractivity contribution in [3.8, 4) is 0 Å². The van der Waals surface area contributed by atoms with Gasteiger partial charge in [-0.2, -0.15) is 0 Å². The smallest absolute Gasteiger partial charge is 0.274 e. The number of nitrogens with zero attached hydrogens (tertiary/aromatic N) is 4. The number of anilines is 1. The van der Waals surface area contributed by atoms with Crippen molar-refractivity contribution in [1.82, 2.24) is 15.1 Å². The lowest BCUT2D eigenvalue weighted by Crippen LogP contribution is -2.42. The molecule has 1 aromatic heterocycles. The summed E-state index contributed by atoms with van der Waals surface area (Å²) in [6.07, 6.45) is 3.35. The van der Waals surface area contributed by atoms with Crippen LogP contribution < -0.4 is 4.90 Å². The second kappa shape index (κ2) is 6.39. The Balaban J connectivity index is 1.69. The molecule has 3 heterocycles. The fraction of sp³-hybridized carbons (Fsp3) is 0.667. The Morgan fingerprint density at radius 2 is 2.00 bits per heavy atom. The highest BCUT2D eigenvalue weighted by molar-refractivity contribution is 5.92. The van der Waals surface area contributed by atoms with Gasteiger partial charge in [-0.3, -0.25) is 4.79 Å². The summed E-state index contributed by atoms with van der Waals surface area (Å²) in [5, 5.41) is 8.36. The number of hydrogen-bond donors (Lipinski definition) is 0. The predicted octanol–water partition coefficient (Wildman–Crippen LogP) is 1.33. The van der Waals surface area contributed by atoms with Crippen LogP contribution in [-0.4, -0.2) is 59.9 Å². The van der Waals surface area contributed by atoms with Crippen LogP contribution in [-0.2, 0) is 4.74 Å². The summed E-state index contributed by atoms with van der Waals surface area (Å²) < 4.78 is 5.32. The summed E-state index contributed by atoms with van der Waals surface area (Å²) in [4.78, 5) is 16.5. The van der Waals surface area contributed by atoms with Crippen molar-refractivity contribution in [2.45, 2.75) is 32.2 Å². The van der Waals surface area contributed by atoms with Crippen LogP contribution in [0.1, 0.15) is 36.7 Å². The minimum atomic E-state index is 0.00299. The Kier molecular flexibility index (Phi) is 4.34. The third kappa shape index (κ3) is 3.15. The van der Waals surface area contributed by atoms with Gasteiger partial charge in [-0.05, 0) is 38.3 Å². The van der Waals surface area contributed by atoms with E-state index in [1.807, 2.05) is 11.0 Å². The summed E-state index contributed by atoms with van der Waals surface area (Å²) in [7, 11) is 0. The SMILES string of the molecule is CC1CCCCN1C(=O)c1ccc(N2CCOCC2)nn1. The van der Waals surface area contributed by atoms with E-state index in [1.54, 1.807) is 6.07 Å². The molecule has 6 heteroatoms. The van der Waals surface area contributed by atoms with Gasteiger partial charge in [-0.1, -0.05) is 0 Å². The van der Waals surface area contributed by atoms with Gasteiger partial charge in [0.2, 0.25) is 0 Å². The number of carbonyl (C=O) groups excluding carboxylic acids is 1. The highest BCUT2D eigenvalue weighted by Gasteiger charge is 2.25. The molecule has 1 amide bonds. The molecule has 2 saturated heterocycles. The molecule has 3 rings (SSSR count). The highest BCUT2D eigenvalue weighted by atomic mass is 16.5. The first kappa shape index (κ1) is 14.3. The van der Waals surface area contributed by atoms with Crippen LogP contribution in [0.4, 0.5) is 5.82 Å². The maximum Gasteiger partial charge on any atom is 0.274 e. The Morgan fingerprint density at radius 3 is 2.67 bits per heavy atom. The monoisotopic (exact) mass is 290 g/mol. The van der Waals surface area contributed by atoms with Crippen molar-refractivity contribution >= 4 is 11.7 Å². The average Bonchev–Trinajstić information content (AvgIpc) is 2.56. The van der Waals surface area contributed by atoms with Gasteiger partial charge in [-0.15, -0.1) is 10.2 Å². The molecule has 2 fully saturated rings. The molecule has 21 heavy (non-hydrogen) atoms. The van der Waals surface area contributed by atoms with E-state index in [4.69, 9.17) is 4.74 Å². The molecule has 0 spiro atoms. The van der Waals surface area contributed by atoms with Crippen molar-refractivity contribution in [3.05, 3.63) is 17.8 Å². The van der Waals surface area contributed by atoms with E-state index in [9.17, 15) is 4.79 Å². The molecule has 0 radical (unpaired) electrons. The van der Waals surface area contributed by atoms with Crippen LogP contribution in [0.25, 0.3) is 0 Å². The van der Waals surface area contributed by atoms with Crippen LogP contribution in [0, 0.1) is 0 Å². The number of piperidine rings is 1. The van der Waals surface area contributed by atoms with Gasteiger partial charge in [0.25, 0.3) is 5.91 Å². The van der Waals surface area contributed by atoms with Gasteiger partial charge in [-0.25, -0.2) is 0 Å². The van der Waals surface area contributed by atoms with Gasteiger partial charge in [0, 0.05) is 25.7 Å². The zero-order chi connectivity index (χ0) is 14.7. The summed E-state index contributed by atoms with van der Waals surface area (Å²) in [6, 6.07) is 3.98. The highest BCUT2D eigenvalue weighted by Crippen LogP contribution is 2.19. The van der Waals surface area contributed by atoms with Crippen molar-refractivity contribution in [2.24, 2.45) is 0 Å². The maximum absolute atomic E-state index is 12.5. The molecule has 1 atom stereocenters. The molecular weight excluding hydrogens is 268 g/mol. The molecule has 6 nitrogen and oxygen atoms in total. The minimum Gasteiger partial charge on any atom is -0.378 e. The minimum absolute atomic E-state index is 0.00299. The molecule has 114 valence electrons. The molecule has 0 bridgehead atoms. The van der Waals surface area contributed by atoms with Gasteiger partial charge < -0.3 is 14.5 Å². The molecular formula is C15H22N4O2. The largest absolute Gasteiger partial charge is 0.378 e. The Morgan fingerprint density at radius 1 is 1.19 bits per heavy atom. The summed E-state index contributed by atoms with van der Waals surface area (Å²) >= 11 is 0. The number of amides is 1.